The van der Waals surface area contributed by atoms with Crippen molar-refractivity contribution in [2.75, 3.05) is 5.32 Å². The predicted octanol–water partition coefficient (Wildman–Crippen LogP) is 3.46. The molecule has 2 rings (SSSR count). The van der Waals surface area contributed by atoms with Crippen LogP contribution in [-0.4, -0.2) is 18.0 Å². The highest BCUT2D eigenvalue weighted by Crippen LogP contribution is 2.14. The molecule has 1 atom stereocenters. The molecular weight excluding hydrogens is 304 g/mol. The molecule has 1 amide bonds. The van der Waals surface area contributed by atoms with Crippen molar-refractivity contribution in [1.29, 1.82) is 0 Å². The maximum absolute atomic E-state index is 13.4. The minimum atomic E-state index is -1.12. The Morgan fingerprint density at radius 1 is 1.13 bits per heavy atom. The molecule has 0 fully saturated rings. The van der Waals surface area contributed by atoms with Gasteiger partial charge in [0.15, 0.2) is 6.10 Å². The minimum Gasteiger partial charge on any atom is -0.449 e. The van der Waals surface area contributed by atoms with Crippen LogP contribution in [0.3, 0.4) is 0 Å². The van der Waals surface area contributed by atoms with E-state index in [0.29, 0.717) is 5.56 Å². The Labute approximate surface area is 132 Å². The van der Waals surface area contributed by atoms with E-state index in [1.807, 2.05) is 0 Å². The van der Waals surface area contributed by atoms with Crippen LogP contribution in [0.2, 0.25) is 0 Å². The van der Waals surface area contributed by atoms with Crippen molar-refractivity contribution in [2.45, 2.75) is 20.0 Å². The molecule has 0 aliphatic rings. The Morgan fingerprint density at radius 2 is 1.87 bits per heavy atom. The molecule has 1 N–H and O–H groups in total. The number of ether oxygens (including phenoxy) is 1. The van der Waals surface area contributed by atoms with Gasteiger partial charge in [-0.1, -0.05) is 12.1 Å². The third-order valence-electron chi connectivity index (χ3n) is 3.15. The number of esters is 1. The van der Waals surface area contributed by atoms with Crippen molar-refractivity contribution in [3.63, 3.8) is 0 Å². The fraction of sp³-hybridized carbons (Fsp3) is 0.176. The maximum atomic E-state index is 13.4. The van der Waals surface area contributed by atoms with Crippen LogP contribution in [0.1, 0.15) is 22.8 Å². The van der Waals surface area contributed by atoms with Crippen LogP contribution in [0.15, 0.2) is 42.5 Å². The topological polar surface area (TPSA) is 55.4 Å². The number of nitrogens with one attached hydrogen (secondary N) is 1. The molecule has 0 bridgehead atoms. The normalized spacial score (nSPS) is 11.7. The van der Waals surface area contributed by atoms with Crippen molar-refractivity contribution >= 4 is 17.6 Å². The van der Waals surface area contributed by atoms with Gasteiger partial charge in [0.25, 0.3) is 5.91 Å². The van der Waals surface area contributed by atoms with Gasteiger partial charge in [0, 0.05) is 5.69 Å². The number of anilines is 1. The Hall–Kier alpha value is -2.76. The SMILES string of the molecule is Cc1ccc(NC(=O)C(C)OC(=O)c2cccc(F)c2)cc1F. The average molecular weight is 319 g/mol. The van der Waals surface area contributed by atoms with Gasteiger partial charge in [0.2, 0.25) is 0 Å². The lowest BCUT2D eigenvalue weighted by molar-refractivity contribution is -0.123. The van der Waals surface area contributed by atoms with Gasteiger partial charge in [-0.05, 0) is 49.7 Å². The van der Waals surface area contributed by atoms with Crippen molar-refractivity contribution < 1.29 is 23.1 Å². The molecule has 2 aromatic rings. The molecule has 1 unspecified atom stereocenters. The number of carbonyl (C=O) groups excluding carboxylic acids is 2. The average Bonchev–Trinajstić information content (AvgIpc) is 2.50. The van der Waals surface area contributed by atoms with Gasteiger partial charge in [-0.25, -0.2) is 13.6 Å². The molecule has 120 valence electrons. The largest absolute Gasteiger partial charge is 0.449 e. The van der Waals surface area contributed by atoms with E-state index in [2.05, 4.69) is 5.32 Å². The molecule has 0 heterocycles. The summed E-state index contributed by atoms with van der Waals surface area (Å²) in [7, 11) is 0. The highest BCUT2D eigenvalue weighted by molar-refractivity contribution is 5.97. The molecule has 0 aromatic heterocycles. The van der Waals surface area contributed by atoms with Crippen molar-refractivity contribution in [1.82, 2.24) is 0 Å². The van der Waals surface area contributed by atoms with Crippen LogP contribution in [0.4, 0.5) is 14.5 Å². The molecule has 0 aliphatic carbocycles. The van der Waals surface area contributed by atoms with E-state index in [4.69, 9.17) is 4.74 Å². The number of aryl methyl sites for hydroxylation is 1. The first-order valence-electron chi connectivity index (χ1n) is 6.90. The van der Waals surface area contributed by atoms with Gasteiger partial charge >= 0.3 is 5.97 Å². The third kappa shape index (κ3) is 4.35. The summed E-state index contributed by atoms with van der Waals surface area (Å²) in [4.78, 5) is 23.8. The zero-order chi connectivity index (χ0) is 17.0. The van der Waals surface area contributed by atoms with Gasteiger partial charge in [0.1, 0.15) is 11.6 Å². The molecule has 6 heteroatoms. The first-order chi connectivity index (χ1) is 10.9. The number of benzene rings is 2. The standard InChI is InChI=1S/C17H15F2NO3/c1-10-6-7-14(9-15(10)19)20-16(21)11(2)23-17(22)12-4-3-5-13(18)8-12/h3-9,11H,1-2H3,(H,20,21). The van der Waals surface area contributed by atoms with Crippen LogP contribution in [-0.2, 0) is 9.53 Å². The van der Waals surface area contributed by atoms with Gasteiger partial charge in [0.05, 0.1) is 5.56 Å². The summed E-state index contributed by atoms with van der Waals surface area (Å²) in [6, 6.07) is 9.19. The number of carbonyl (C=O) groups is 2. The summed E-state index contributed by atoms with van der Waals surface area (Å²) in [6.45, 7) is 2.97. The molecule has 0 aliphatic heterocycles. The third-order valence-corrected chi connectivity index (χ3v) is 3.15. The molecule has 0 radical (unpaired) electrons. The number of halogens is 2. The first kappa shape index (κ1) is 16.6. The Balaban J connectivity index is 1.99. The summed E-state index contributed by atoms with van der Waals surface area (Å²) in [5, 5.41) is 2.45. The van der Waals surface area contributed by atoms with E-state index in [-0.39, 0.29) is 11.3 Å². The smallest absolute Gasteiger partial charge is 0.339 e. The molecular formula is C17H15F2NO3. The summed E-state index contributed by atoms with van der Waals surface area (Å²) >= 11 is 0. The molecule has 0 saturated carbocycles. The summed E-state index contributed by atoms with van der Waals surface area (Å²) < 4.78 is 31.5. The fourth-order valence-electron chi connectivity index (χ4n) is 1.81. The predicted molar refractivity (Wildman–Crippen MR) is 81.0 cm³/mol. The molecule has 23 heavy (non-hydrogen) atoms. The second-order valence-electron chi connectivity index (χ2n) is 5.01. The second kappa shape index (κ2) is 7.00. The first-order valence-corrected chi connectivity index (χ1v) is 6.90. The number of hydrogen-bond donors (Lipinski definition) is 1. The van der Waals surface area contributed by atoms with Crippen LogP contribution < -0.4 is 5.32 Å². The Kier molecular flexibility index (Phi) is 5.05. The summed E-state index contributed by atoms with van der Waals surface area (Å²) in [5.74, 6) is -2.46. The van der Waals surface area contributed by atoms with E-state index in [0.717, 1.165) is 6.07 Å². The van der Waals surface area contributed by atoms with E-state index in [1.165, 1.54) is 43.3 Å². The quantitative estimate of drug-likeness (QED) is 0.878. The Morgan fingerprint density at radius 3 is 2.52 bits per heavy atom. The van der Waals surface area contributed by atoms with Gasteiger partial charge in [-0.3, -0.25) is 4.79 Å². The van der Waals surface area contributed by atoms with E-state index < -0.39 is 29.6 Å². The highest BCUT2D eigenvalue weighted by Gasteiger charge is 2.19. The maximum Gasteiger partial charge on any atom is 0.339 e. The molecule has 2 aromatic carbocycles. The lowest BCUT2D eigenvalue weighted by Gasteiger charge is -2.14. The van der Waals surface area contributed by atoms with E-state index in [1.54, 1.807) is 6.92 Å². The number of rotatable bonds is 4. The van der Waals surface area contributed by atoms with Crippen LogP contribution in [0.5, 0.6) is 0 Å². The second-order valence-corrected chi connectivity index (χ2v) is 5.01. The lowest BCUT2D eigenvalue weighted by atomic mass is 10.2. The summed E-state index contributed by atoms with van der Waals surface area (Å²) in [5.41, 5.74) is 0.714. The van der Waals surface area contributed by atoms with Crippen LogP contribution in [0, 0.1) is 18.6 Å². The van der Waals surface area contributed by atoms with Crippen LogP contribution >= 0.6 is 0 Å². The molecule has 4 nitrogen and oxygen atoms in total. The molecule has 0 saturated heterocycles. The number of hydrogen-bond acceptors (Lipinski definition) is 3. The monoisotopic (exact) mass is 319 g/mol. The lowest BCUT2D eigenvalue weighted by Crippen LogP contribution is -2.30. The van der Waals surface area contributed by atoms with Crippen molar-refractivity contribution in [2.24, 2.45) is 0 Å². The fourth-order valence-corrected chi connectivity index (χ4v) is 1.81. The zero-order valence-corrected chi connectivity index (χ0v) is 12.6. The van der Waals surface area contributed by atoms with Crippen molar-refractivity contribution in [3.8, 4) is 0 Å². The van der Waals surface area contributed by atoms with Gasteiger partial charge < -0.3 is 10.1 Å². The van der Waals surface area contributed by atoms with Gasteiger partial charge in [-0.15, -0.1) is 0 Å². The minimum absolute atomic E-state index is 0.00558. The van der Waals surface area contributed by atoms with E-state index >= 15 is 0 Å². The number of amides is 1. The van der Waals surface area contributed by atoms with E-state index in [9.17, 15) is 18.4 Å². The highest BCUT2D eigenvalue weighted by atomic mass is 19.1. The van der Waals surface area contributed by atoms with Gasteiger partial charge in [-0.2, -0.15) is 0 Å². The zero-order valence-electron chi connectivity index (χ0n) is 12.6. The van der Waals surface area contributed by atoms with Crippen molar-refractivity contribution in [3.05, 3.63) is 65.2 Å². The van der Waals surface area contributed by atoms with Crippen LogP contribution in [0.25, 0.3) is 0 Å². The Bertz CT molecular complexity index is 746. The molecule has 0 spiro atoms. The summed E-state index contributed by atoms with van der Waals surface area (Å²) in [6.07, 6.45) is -1.12.